The molecule has 35 heavy (non-hydrogen) atoms. The second-order valence-corrected chi connectivity index (χ2v) is 8.62. The number of hydrogen-bond donors (Lipinski definition) is 2. The molecule has 2 N–H and O–H groups in total. The molecular weight excluding hydrogens is 457 g/mol. The molecule has 6 nitrogen and oxygen atoms in total. The summed E-state index contributed by atoms with van der Waals surface area (Å²) in [6.45, 7) is 3.92. The topological polar surface area (TPSA) is 68.3 Å². The van der Waals surface area contributed by atoms with Crippen LogP contribution in [0.1, 0.15) is 51.5 Å². The maximum absolute atomic E-state index is 13.6. The van der Waals surface area contributed by atoms with Crippen LogP contribution in [-0.4, -0.2) is 22.2 Å². The highest BCUT2D eigenvalue weighted by atomic mass is 19.4. The smallest absolute Gasteiger partial charge is 0.421 e. The van der Waals surface area contributed by atoms with Gasteiger partial charge in [0.25, 0.3) is 0 Å². The van der Waals surface area contributed by atoms with E-state index in [1.54, 1.807) is 36.4 Å². The van der Waals surface area contributed by atoms with Crippen molar-refractivity contribution in [2.45, 2.75) is 64.3 Å². The molecule has 1 unspecified atom stereocenters. The summed E-state index contributed by atoms with van der Waals surface area (Å²) in [4.78, 5) is 7.99. The molecule has 1 fully saturated rings. The lowest BCUT2D eigenvalue weighted by Gasteiger charge is -2.17. The minimum Gasteiger partial charge on any atom is -0.491 e. The molecule has 1 aliphatic carbocycles. The van der Waals surface area contributed by atoms with Crippen molar-refractivity contribution < 1.29 is 22.6 Å². The van der Waals surface area contributed by atoms with Gasteiger partial charge in [0.05, 0.1) is 12.2 Å². The van der Waals surface area contributed by atoms with Crippen molar-refractivity contribution in [2.24, 2.45) is 0 Å². The van der Waals surface area contributed by atoms with Crippen LogP contribution in [0, 0.1) is 0 Å². The number of aromatic nitrogens is 2. The van der Waals surface area contributed by atoms with E-state index in [1.807, 2.05) is 26.0 Å². The molecule has 1 aromatic heterocycles. The van der Waals surface area contributed by atoms with Crippen LogP contribution < -0.4 is 20.1 Å². The molecule has 0 spiro atoms. The second-order valence-electron chi connectivity index (χ2n) is 8.62. The zero-order chi connectivity index (χ0) is 24.8. The molecule has 0 radical (unpaired) electrons. The van der Waals surface area contributed by atoms with E-state index in [1.165, 1.54) is 12.8 Å². The number of halogens is 3. The van der Waals surface area contributed by atoms with E-state index in [9.17, 15) is 13.2 Å². The summed E-state index contributed by atoms with van der Waals surface area (Å²) in [5.41, 5.74) is 0.101. The number of anilines is 4. The van der Waals surface area contributed by atoms with Crippen molar-refractivity contribution >= 4 is 23.1 Å². The third-order valence-electron chi connectivity index (χ3n) is 5.82. The van der Waals surface area contributed by atoms with Crippen molar-refractivity contribution in [1.82, 2.24) is 9.97 Å². The molecule has 0 bridgehead atoms. The highest BCUT2D eigenvalue weighted by Crippen LogP contribution is 2.36. The highest BCUT2D eigenvalue weighted by molar-refractivity contribution is 5.64. The van der Waals surface area contributed by atoms with Gasteiger partial charge in [0.15, 0.2) is 0 Å². The van der Waals surface area contributed by atoms with Crippen LogP contribution in [0.4, 0.5) is 36.3 Å². The van der Waals surface area contributed by atoms with Gasteiger partial charge in [-0.15, -0.1) is 0 Å². The van der Waals surface area contributed by atoms with Gasteiger partial charge in [-0.2, -0.15) is 18.2 Å². The quantitative estimate of drug-likeness (QED) is 0.327. The first-order valence-electron chi connectivity index (χ1n) is 11.8. The number of alkyl halides is 3. The Hall–Kier alpha value is -3.49. The number of ether oxygens (including phenoxy) is 2. The Morgan fingerprint density at radius 1 is 1.00 bits per heavy atom. The molecule has 2 aromatic carbocycles. The molecule has 0 aliphatic heterocycles. The van der Waals surface area contributed by atoms with Crippen LogP contribution >= 0.6 is 0 Å². The van der Waals surface area contributed by atoms with Gasteiger partial charge >= 0.3 is 6.18 Å². The fourth-order valence-corrected chi connectivity index (χ4v) is 3.79. The summed E-state index contributed by atoms with van der Waals surface area (Å²) >= 11 is 0. The Balaban J connectivity index is 1.51. The van der Waals surface area contributed by atoms with Crippen LogP contribution in [0.25, 0.3) is 0 Å². The maximum Gasteiger partial charge on any atom is 0.421 e. The first-order chi connectivity index (χ1) is 16.8. The fraction of sp³-hybridized carbons (Fsp3) is 0.385. The van der Waals surface area contributed by atoms with E-state index < -0.39 is 11.7 Å². The van der Waals surface area contributed by atoms with Crippen molar-refractivity contribution in [2.75, 3.05) is 10.6 Å². The zero-order valence-corrected chi connectivity index (χ0v) is 19.7. The van der Waals surface area contributed by atoms with Crippen LogP contribution in [-0.2, 0) is 6.18 Å². The lowest BCUT2D eigenvalue weighted by Crippen LogP contribution is -2.13. The molecule has 1 atom stereocenters. The van der Waals surface area contributed by atoms with Crippen molar-refractivity contribution in [3.63, 3.8) is 0 Å². The first-order valence-corrected chi connectivity index (χ1v) is 11.8. The van der Waals surface area contributed by atoms with E-state index in [0.29, 0.717) is 17.1 Å². The standard InChI is InChI=1S/C26H29F3N4O2/c1-3-17(2)34-22-10-6-7-19(15-22)31-24-23(26(27,28)29)16-30-25(33-24)32-18-11-13-21(14-12-18)35-20-8-4-5-9-20/h6-7,10-17,20H,3-5,8-9H2,1-2H3,(H2,30,31,32,33). The van der Waals surface area contributed by atoms with Gasteiger partial charge in [-0.3, -0.25) is 0 Å². The van der Waals surface area contributed by atoms with Crippen LogP contribution in [0.2, 0.25) is 0 Å². The predicted molar refractivity (Wildman–Crippen MR) is 130 cm³/mol. The number of rotatable bonds is 9. The van der Waals surface area contributed by atoms with Crippen LogP contribution in [0.15, 0.2) is 54.7 Å². The molecule has 186 valence electrons. The van der Waals surface area contributed by atoms with Crippen LogP contribution in [0.5, 0.6) is 11.5 Å². The van der Waals surface area contributed by atoms with E-state index in [4.69, 9.17) is 9.47 Å². The van der Waals surface area contributed by atoms with Gasteiger partial charge in [-0.05, 0) is 75.4 Å². The molecule has 3 aromatic rings. The fourth-order valence-electron chi connectivity index (χ4n) is 3.79. The SMILES string of the molecule is CCC(C)Oc1cccc(Nc2nc(Nc3ccc(OC4CCCC4)cc3)ncc2C(F)(F)F)c1. The van der Waals surface area contributed by atoms with E-state index in [-0.39, 0.29) is 24.0 Å². The average Bonchev–Trinajstić information content (AvgIpc) is 3.33. The zero-order valence-electron chi connectivity index (χ0n) is 19.7. The van der Waals surface area contributed by atoms with Gasteiger partial charge in [0, 0.05) is 23.6 Å². The first kappa shape index (κ1) is 24.6. The van der Waals surface area contributed by atoms with Crippen molar-refractivity contribution in [1.29, 1.82) is 0 Å². The molecule has 1 aliphatic rings. The van der Waals surface area contributed by atoms with Gasteiger partial charge < -0.3 is 20.1 Å². The summed E-state index contributed by atoms with van der Waals surface area (Å²) < 4.78 is 52.6. The number of benzene rings is 2. The van der Waals surface area contributed by atoms with E-state index in [2.05, 4.69) is 20.6 Å². The number of nitrogens with zero attached hydrogens (tertiary/aromatic N) is 2. The Labute approximate surface area is 202 Å². The molecule has 0 saturated heterocycles. The number of hydrogen-bond acceptors (Lipinski definition) is 6. The summed E-state index contributed by atoms with van der Waals surface area (Å²) in [5.74, 6) is 1.01. The summed E-state index contributed by atoms with van der Waals surface area (Å²) in [7, 11) is 0. The third-order valence-corrected chi connectivity index (χ3v) is 5.82. The van der Waals surface area contributed by atoms with Crippen molar-refractivity contribution in [3.8, 4) is 11.5 Å². The molecular formula is C26H29F3N4O2. The molecule has 0 amide bonds. The lowest BCUT2D eigenvalue weighted by atomic mass is 10.2. The molecule has 1 heterocycles. The number of nitrogens with one attached hydrogen (secondary N) is 2. The Morgan fingerprint density at radius 2 is 1.74 bits per heavy atom. The van der Waals surface area contributed by atoms with E-state index in [0.717, 1.165) is 31.2 Å². The maximum atomic E-state index is 13.6. The minimum absolute atomic E-state index is 0.0132. The summed E-state index contributed by atoms with van der Waals surface area (Å²) in [5, 5.41) is 5.74. The lowest BCUT2D eigenvalue weighted by molar-refractivity contribution is -0.137. The molecule has 1 saturated carbocycles. The summed E-state index contributed by atoms with van der Waals surface area (Å²) in [6, 6.07) is 14.0. The van der Waals surface area contributed by atoms with E-state index >= 15 is 0 Å². The average molecular weight is 487 g/mol. The van der Waals surface area contributed by atoms with Gasteiger partial charge in [-0.1, -0.05) is 13.0 Å². The third kappa shape index (κ3) is 6.77. The normalized spacial score (nSPS) is 15.0. The highest BCUT2D eigenvalue weighted by Gasteiger charge is 2.35. The Morgan fingerprint density at radius 3 is 2.43 bits per heavy atom. The van der Waals surface area contributed by atoms with Crippen LogP contribution in [0.3, 0.4) is 0 Å². The molecule has 9 heteroatoms. The second kappa shape index (κ2) is 10.8. The predicted octanol–water partition coefficient (Wildman–Crippen LogP) is 7.48. The Kier molecular flexibility index (Phi) is 7.63. The monoisotopic (exact) mass is 486 g/mol. The minimum atomic E-state index is -4.62. The Bertz CT molecular complexity index is 1120. The summed E-state index contributed by atoms with van der Waals surface area (Å²) in [6.07, 6.45) is 1.67. The van der Waals surface area contributed by atoms with Crippen molar-refractivity contribution in [3.05, 3.63) is 60.3 Å². The van der Waals surface area contributed by atoms with Gasteiger partial charge in [0.2, 0.25) is 5.95 Å². The molecule has 4 rings (SSSR count). The largest absolute Gasteiger partial charge is 0.491 e. The van der Waals surface area contributed by atoms with Gasteiger partial charge in [-0.25, -0.2) is 4.98 Å². The van der Waals surface area contributed by atoms with Gasteiger partial charge in [0.1, 0.15) is 22.9 Å².